The molecule has 0 aliphatic rings. The second-order valence-electron chi connectivity index (χ2n) is 4.94. The van der Waals surface area contributed by atoms with Crippen molar-refractivity contribution in [2.75, 3.05) is 11.9 Å². The van der Waals surface area contributed by atoms with Gasteiger partial charge >= 0.3 is 0 Å². The van der Waals surface area contributed by atoms with Crippen molar-refractivity contribution in [3.63, 3.8) is 0 Å². The Morgan fingerprint density at radius 2 is 1.71 bits per heavy atom. The van der Waals surface area contributed by atoms with Gasteiger partial charge in [0.15, 0.2) is 5.78 Å². The molecule has 3 N–H and O–H groups in total. The molecule has 1 aromatic carbocycles. The molecule has 0 atom stereocenters. The van der Waals surface area contributed by atoms with E-state index in [2.05, 4.69) is 19.2 Å². The van der Waals surface area contributed by atoms with Gasteiger partial charge in [-0.05, 0) is 25.0 Å². The van der Waals surface area contributed by atoms with E-state index >= 15 is 0 Å². The van der Waals surface area contributed by atoms with Crippen LogP contribution >= 0.6 is 17.0 Å². The number of amides is 1. The zero-order chi connectivity index (χ0) is 15.0. The summed E-state index contributed by atoms with van der Waals surface area (Å²) in [5.74, 6) is -0.143. The van der Waals surface area contributed by atoms with Crippen molar-refractivity contribution in [3.8, 4) is 0 Å². The van der Waals surface area contributed by atoms with E-state index in [4.69, 9.17) is 5.73 Å². The van der Waals surface area contributed by atoms with Crippen LogP contribution < -0.4 is 11.1 Å². The van der Waals surface area contributed by atoms with Gasteiger partial charge in [0, 0.05) is 11.5 Å². The molecule has 0 fully saturated rings. The number of benzene rings is 1. The lowest BCUT2D eigenvalue weighted by Crippen LogP contribution is -2.24. The SMILES string of the molecule is Br.CCCC(CCC)C(=O)c1ccccc1NC(=O)CN. The van der Waals surface area contributed by atoms with Gasteiger partial charge in [-0.15, -0.1) is 17.0 Å². The van der Waals surface area contributed by atoms with Crippen molar-refractivity contribution in [2.45, 2.75) is 39.5 Å². The normalized spacial score (nSPS) is 10.1. The molecule has 1 amide bonds. The Balaban J connectivity index is 0.00000400. The largest absolute Gasteiger partial charge is 0.324 e. The highest BCUT2D eigenvalue weighted by Crippen LogP contribution is 2.24. The molecule has 0 unspecified atom stereocenters. The van der Waals surface area contributed by atoms with Gasteiger partial charge in [-0.2, -0.15) is 0 Å². The average molecular weight is 357 g/mol. The van der Waals surface area contributed by atoms with Gasteiger partial charge in [0.2, 0.25) is 5.91 Å². The number of nitrogens with one attached hydrogen (secondary N) is 1. The highest BCUT2D eigenvalue weighted by Gasteiger charge is 2.21. The molecule has 1 aromatic rings. The van der Waals surface area contributed by atoms with E-state index in [1.54, 1.807) is 18.2 Å². The highest BCUT2D eigenvalue weighted by atomic mass is 79.9. The summed E-state index contributed by atoms with van der Waals surface area (Å²) in [5.41, 5.74) is 6.45. The first kappa shape index (κ1) is 19.8. The van der Waals surface area contributed by atoms with Crippen LogP contribution in [0.1, 0.15) is 49.9 Å². The van der Waals surface area contributed by atoms with Crippen LogP contribution in [0.15, 0.2) is 24.3 Å². The van der Waals surface area contributed by atoms with Crippen molar-refractivity contribution in [1.29, 1.82) is 0 Å². The second kappa shape index (κ2) is 10.5. The average Bonchev–Trinajstić information content (AvgIpc) is 2.46. The number of hydrogen-bond acceptors (Lipinski definition) is 3. The first-order valence-electron chi connectivity index (χ1n) is 7.27. The molecule has 118 valence electrons. The van der Waals surface area contributed by atoms with Crippen LogP contribution in [0.3, 0.4) is 0 Å². The zero-order valence-electron chi connectivity index (χ0n) is 12.7. The summed E-state index contributed by atoms with van der Waals surface area (Å²) in [7, 11) is 0. The smallest absolute Gasteiger partial charge is 0.238 e. The minimum absolute atomic E-state index is 0. The summed E-state index contributed by atoms with van der Waals surface area (Å²) < 4.78 is 0. The molecule has 0 saturated carbocycles. The molecule has 0 radical (unpaired) electrons. The summed E-state index contributed by atoms with van der Waals surface area (Å²) in [6.45, 7) is 4.08. The van der Waals surface area contributed by atoms with E-state index in [1.165, 1.54) is 0 Å². The van der Waals surface area contributed by atoms with E-state index < -0.39 is 0 Å². The van der Waals surface area contributed by atoms with Crippen molar-refractivity contribution >= 4 is 34.4 Å². The number of para-hydroxylation sites is 1. The zero-order valence-corrected chi connectivity index (χ0v) is 14.4. The molecule has 0 aliphatic carbocycles. The standard InChI is InChI=1S/C16H24N2O2.BrH/c1-3-7-12(8-4-2)16(20)13-9-5-6-10-14(13)18-15(19)11-17;/h5-6,9-10,12H,3-4,7-8,11,17H2,1-2H3,(H,18,19);1H. The van der Waals surface area contributed by atoms with Gasteiger partial charge in [-0.3, -0.25) is 9.59 Å². The van der Waals surface area contributed by atoms with E-state index in [9.17, 15) is 9.59 Å². The van der Waals surface area contributed by atoms with E-state index in [0.29, 0.717) is 11.3 Å². The van der Waals surface area contributed by atoms with Gasteiger partial charge in [0.05, 0.1) is 12.2 Å². The maximum atomic E-state index is 12.6. The third-order valence-electron chi connectivity index (χ3n) is 3.30. The molecule has 0 heterocycles. The number of carbonyl (C=O) groups excluding carboxylic acids is 2. The summed E-state index contributed by atoms with van der Waals surface area (Å²) >= 11 is 0. The maximum absolute atomic E-state index is 12.6. The quantitative estimate of drug-likeness (QED) is 0.699. The third-order valence-corrected chi connectivity index (χ3v) is 3.30. The summed E-state index contributed by atoms with van der Waals surface area (Å²) in [5, 5.41) is 2.70. The predicted molar refractivity (Wildman–Crippen MR) is 92.1 cm³/mol. The first-order valence-corrected chi connectivity index (χ1v) is 7.27. The van der Waals surface area contributed by atoms with Crippen molar-refractivity contribution < 1.29 is 9.59 Å². The molecule has 5 heteroatoms. The Kier molecular flexibility index (Phi) is 9.91. The number of hydrogen-bond donors (Lipinski definition) is 2. The summed E-state index contributed by atoms with van der Waals surface area (Å²) in [6, 6.07) is 7.14. The number of halogens is 1. The molecular formula is C16H25BrN2O2. The van der Waals surface area contributed by atoms with Gasteiger partial charge in [0.25, 0.3) is 0 Å². The Labute approximate surface area is 137 Å². The fraction of sp³-hybridized carbons (Fsp3) is 0.500. The van der Waals surface area contributed by atoms with Crippen LogP contribution in [0.25, 0.3) is 0 Å². The molecule has 1 rings (SSSR count). The lowest BCUT2D eigenvalue weighted by atomic mass is 9.89. The summed E-state index contributed by atoms with van der Waals surface area (Å²) in [4.78, 5) is 24.1. The van der Waals surface area contributed by atoms with Crippen molar-refractivity contribution in [2.24, 2.45) is 11.7 Å². The van der Waals surface area contributed by atoms with Crippen LogP contribution in [-0.4, -0.2) is 18.2 Å². The Bertz CT molecular complexity index is 457. The van der Waals surface area contributed by atoms with Crippen LogP contribution in [-0.2, 0) is 4.79 Å². The molecule has 21 heavy (non-hydrogen) atoms. The minimum Gasteiger partial charge on any atom is -0.324 e. The molecule has 0 saturated heterocycles. The van der Waals surface area contributed by atoms with Gasteiger partial charge < -0.3 is 11.1 Å². The number of ketones is 1. The van der Waals surface area contributed by atoms with Crippen LogP contribution in [0.4, 0.5) is 5.69 Å². The molecular weight excluding hydrogens is 332 g/mol. The van der Waals surface area contributed by atoms with Crippen LogP contribution in [0.5, 0.6) is 0 Å². The minimum atomic E-state index is -0.284. The predicted octanol–water partition coefficient (Wildman–Crippen LogP) is 3.56. The number of rotatable bonds is 8. The van der Waals surface area contributed by atoms with Crippen molar-refractivity contribution in [1.82, 2.24) is 0 Å². The highest BCUT2D eigenvalue weighted by molar-refractivity contribution is 8.93. The van der Waals surface area contributed by atoms with Gasteiger partial charge in [-0.1, -0.05) is 38.8 Å². The van der Waals surface area contributed by atoms with E-state index in [0.717, 1.165) is 25.7 Å². The Morgan fingerprint density at radius 3 is 2.24 bits per heavy atom. The molecule has 4 nitrogen and oxygen atoms in total. The monoisotopic (exact) mass is 356 g/mol. The van der Waals surface area contributed by atoms with Gasteiger partial charge in [-0.25, -0.2) is 0 Å². The number of Topliss-reactive ketones (excluding diaryl/α,β-unsaturated/α-hetero) is 1. The molecule has 0 spiro atoms. The number of nitrogens with two attached hydrogens (primary N) is 1. The fourth-order valence-electron chi connectivity index (χ4n) is 2.33. The fourth-order valence-corrected chi connectivity index (χ4v) is 2.33. The van der Waals surface area contributed by atoms with Crippen LogP contribution in [0.2, 0.25) is 0 Å². The molecule has 0 aromatic heterocycles. The Morgan fingerprint density at radius 1 is 1.14 bits per heavy atom. The van der Waals surface area contributed by atoms with Gasteiger partial charge in [0.1, 0.15) is 0 Å². The number of carbonyl (C=O) groups is 2. The lowest BCUT2D eigenvalue weighted by molar-refractivity contribution is -0.114. The van der Waals surface area contributed by atoms with Crippen molar-refractivity contribution in [3.05, 3.63) is 29.8 Å². The van der Waals surface area contributed by atoms with Crippen LogP contribution in [0, 0.1) is 5.92 Å². The third kappa shape index (κ3) is 5.98. The maximum Gasteiger partial charge on any atom is 0.238 e. The number of anilines is 1. The Hall–Kier alpha value is -1.20. The topological polar surface area (TPSA) is 72.2 Å². The molecule has 0 bridgehead atoms. The van der Waals surface area contributed by atoms with E-state index in [-0.39, 0.29) is 41.1 Å². The lowest BCUT2D eigenvalue weighted by Gasteiger charge is -2.16. The van der Waals surface area contributed by atoms with E-state index in [1.807, 2.05) is 6.07 Å². The second-order valence-corrected chi connectivity index (χ2v) is 4.94. The first-order chi connectivity index (χ1) is 9.63. The molecule has 0 aliphatic heterocycles. The summed E-state index contributed by atoms with van der Waals surface area (Å²) in [6.07, 6.45) is 3.72.